The molecule has 2 heterocycles. The van der Waals surface area contributed by atoms with Crippen LogP contribution < -0.4 is 0 Å². The summed E-state index contributed by atoms with van der Waals surface area (Å²) in [7, 11) is 1.55. The molecule has 1 aromatic heterocycles. The van der Waals surface area contributed by atoms with Gasteiger partial charge < -0.3 is 14.7 Å². The van der Waals surface area contributed by atoms with Crippen LogP contribution in [0.4, 0.5) is 0 Å². The molecule has 1 N–H and O–H groups in total. The molecule has 1 atom stereocenters. The first kappa shape index (κ1) is 17.4. The Labute approximate surface area is 150 Å². The molecule has 0 saturated carbocycles. The third-order valence-electron chi connectivity index (χ3n) is 4.31. The van der Waals surface area contributed by atoms with Gasteiger partial charge in [0, 0.05) is 13.7 Å². The Bertz CT molecular complexity index is 826. The number of aryl methyl sites for hydroxylation is 1. The summed E-state index contributed by atoms with van der Waals surface area (Å²) in [4.78, 5) is 27.6. The standard InChI is InChI=1S/C19H19NO4S/c1-12-6-3-4-7-13(12)16-15(17(21)14-8-5-11-25-14)18(22)19(23)20(16)9-10-24-2/h3-8,11,16,22H,9-10H2,1-2H3. The fourth-order valence-electron chi connectivity index (χ4n) is 3.06. The largest absolute Gasteiger partial charge is 0.503 e. The van der Waals surface area contributed by atoms with Crippen LogP contribution in [0.25, 0.3) is 0 Å². The van der Waals surface area contributed by atoms with Gasteiger partial charge >= 0.3 is 0 Å². The highest BCUT2D eigenvalue weighted by atomic mass is 32.1. The van der Waals surface area contributed by atoms with Gasteiger partial charge in [-0.05, 0) is 29.5 Å². The van der Waals surface area contributed by atoms with Crippen LogP contribution in [0.2, 0.25) is 0 Å². The zero-order valence-electron chi connectivity index (χ0n) is 14.1. The van der Waals surface area contributed by atoms with Crippen LogP contribution in [-0.2, 0) is 9.53 Å². The molecular weight excluding hydrogens is 338 g/mol. The lowest BCUT2D eigenvalue weighted by Gasteiger charge is -2.27. The molecule has 0 saturated heterocycles. The van der Waals surface area contributed by atoms with E-state index < -0.39 is 17.7 Å². The monoisotopic (exact) mass is 357 g/mol. The number of nitrogens with zero attached hydrogens (tertiary/aromatic N) is 1. The summed E-state index contributed by atoms with van der Waals surface area (Å²) >= 11 is 1.29. The molecular formula is C19H19NO4S. The Morgan fingerprint density at radius 2 is 2.04 bits per heavy atom. The molecule has 1 aliphatic heterocycles. The van der Waals surface area contributed by atoms with Crippen molar-refractivity contribution >= 4 is 23.0 Å². The van der Waals surface area contributed by atoms with Crippen molar-refractivity contribution in [1.29, 1.82) is 0 Å². The average molecular weight is 357 g/mol. The highest BCUT2D eigenvalue weighted by Crippen LogP contribution is 2.40. The predicted molar refractivity (Wildman–Crippen MR) is 95.8 cm³/mol. The van der Waals surface area contributed by atoms with E-state index in [-0.39, 0.29) is 11.4 Å². The fourth-order valence-corrected chi connectivity index (χ4v) is 3.74. The maximum absolute atomic E-state index is 13.0. The molecule has 3 rings (SSSR count). The summed E-state index contributed by atoms with van der Waals surface area (Å²) in [5.74, 6) is -1.32. The van der Waals surface area contributed by atoms with E-state index >= 15 is 0 Å². The molecule has 0 bridgehead atoms. The molecule has 1 aliphatic rings. The number of hydrogen-bond acceptors (Lipinski definition) is 5. The smallest absolute Gasteiger partial charge is 0.290 e. The second-order valence-electron chi connectivity index (χ2n) is 5.82. The maximum atomic E-state index is 13.0. The lowest BCUT2D eigenvalue weighted by atomic mass is 9.92. The van der Waals surface area contributed by atoms with Gasteiger partial charge in [-0.25, -0.2) is 0 Å². The van der Waals surface area contributed by atoms with Gasteiger partial charge in [0.1, 0.15) is 0 Å². The first-order chi connectivity index (χ1) is 12.1. The van der Waals surface area contributed by atoms with Crippen molar-refractivity contribution in [3.63, 3.8) is 0 Å². The van der Waals surface area contributed by atoms with Crippen molar-refractivity contribution in [3.8, 4) is 0 Å². The summed E-state index contributed by atoms with van der Waals surface area (Å²) in [6.45, 7) is 2.54. The topological polar surface area (TPSA) is 66.8 Å². The minimum atomic E-state index is -0.613. The summed E-state index contributed by atoms with van der Waals surface area (Å²) < 4.78 is 5.09. The van der Waals surface area contributed by atoms with E-state index in [1.807, 2.05) is 31.2 Å². The predicted octanol–water partition coefficient (Wildman–Crippen LogP) is 3.28. The molecule has 0 aliphatic carbocycles. The van der Waals surface area contributed by atoms with Gasteiger partial charge in [-0.1, -0.05) is 30.3 Å². The molecule has 0 radical (unpaired) electrons. The number of methoxy groups -OCH3 is 1. The van der Waals surface area contributed by atoms with Crippen LogP contribution in [0.3, 0.4) is 0 Å². The van der Waals surface area contributed by atoms with Crippen LogP contribution >= 0.6 is 11.3 Å². The third-order valence-corrected chi connectivity index (χ3v) is 5.18. The van der Waals surface area contributed by atoms with Gasteiger partial charge in [-0.2, -0.15) is 0 Å². The number of carbonyl (C=O) groups is 2. The molecule has 6 heteroatoms. The Kier molecular flexibility index (Phi) is 5.01. The molecule has 1 unspecified atom stereocenters. The number of aliphatic hydroxyl groups is 1. The molecule has 1 amide bonds. The van der Waals surface area contributed by atoms with Gasteiger partial charge in [-0.3, -0.25) is 9.59 Å². The number of rotatable bonds is 6. The van der Waals surface area contributed by atoms with Crippen LogP contribution in [-0.4, -0.2) is 42.0 Å². The number of hydrogen-bond donors (Lipinski definition) is 1. The molecule has 5 nitrogen and oxygen atoms in total. The Morgan fingerprint density at radius 1 is 1.28 bits per heavy atom. The van der Waals surface area contributed by atoms with Crippen LogP contribution in [0.1, 0.15) is 26.8 Å². The van der Waals surface area contributed by atoms with Crippen molar-refractivity contribution in [1.82, 2.24) is 4.90 Å². The number of Topliss-reactive ketones (excluding diaryl/α,β-unsaturated/α-hetero) is 1. The Hall–Kier alpha value is -2.44. The van der Waals surface area contributed by atoms with E-state index in [9.17, 15) is 14.7 Å². The maximum Gasteiger partial charge on any atom is 0.290 e. The second-order valence-corrected chi connectivity index (χ2v) is 6.77. The van der Waals surface area contributed by atoms with Crippen LogP contribution in [0.5, 0.6) is 0 Å². The number of amides is 1. The molecule has 0 fully saturated rings. The van der Waals surface area contributed by atoms with E-state index in [1.165, 1.54) is 16.2 Å². The molecule has 0 spiro atoms. The SMILES string of the molecule is COCCN1C(=O)C(O)=C(C(=O)c2cccs2)C1c1ccccc1C. The van der Waals surface area contributed by atoms with Crippen molar-refractivity contribution in [2.75, 3.05) is 20.3 Å². The van der Waals surface area contributed by atoms with Crippen molar-refractivity contribution in [3.05, 3.63) is 69.1 Å². The number of thiophene rings is 1. The van der Waals surface area contributed by atoms with E-state index in [1.54, 1.807) is 24.6 Å². The summed E-state index contributed by atoms with van der Waals surface area (Å²) in [6.07, 6.45) is 0. The number of ether oxygens (including phenoxy) is 1. The average Bonchev–Trinajstić information content (AvgIpc) is 3.22. The number of carbonyl (C=O) groups excluding carboxylic acids is 2. The summed E-state index contributed by atoms with van der Waals surface area (Å²) in [6, 6.07) is 10.4. The summed E-state index contributed by atoms with van der Waals surface area (Å²) in [5.41, 5.74) is 1.92. The molecule has 130 valence electrons. The molecule has 1 aromatic carbocycles. The van der Waals surface area contributed by atoms with Gasteiger partial charge in [-0.15, -0.1) is 11.3 Å². The van der Waals surface area contributed by atoms with Gasteiger partial charge in [0.2, 0.25) is 5.78 Å². The van der Waals surface area contributed by atoms with E-state index in [4.69, 9.17) is 4.74 Å². The van der Waals surface area contributed by atoms with Gasteiger partial charge in [0.25, 0.3) is 5.91 Å². The number of benzene rings is 1. The first-order valence-corrected chi connectivity index (χ1v) is 8.81. The van der Waals surface area contributed by atoms with Crippen molar-refractivity contribution < 1.29 is 19.4 Å². The Balaban J connectivity index is 2.10. The zero-order chi connectivity index (χ0) is 18.0. The quantitative estimate of drug-likeness (QED) is 0.806. The minimum absolute atomic E-state index is 0.137. The van der Waals surface area contributed by atoms with Gasteiger partial charge in [0.05, 0.1) is 23.1 Å². The number of aliphatic hydroxyl groups excluding tert-OH is 1. The Morgan fingerprint density at radius 3 is 2.68 bits per heavy atom. The first-order valence-electron chi connectivity index (χ1n) is 7.93. The lowest BCUT2D eigenvalue weighted by molar-refractivity contribution is -0.130. The van der Waals surface area contributed by atoms with Gasteiger partial charge in [0.15, 0.2) is 5.76 Å². The summed E-state index contributed by atoms with van der Waals surface area (Å²) in [5, 5.41) is 12.2. The zero-order valence-corrected chi connectivity index (χ0v) is 14.9. The fraction of sp³-hybridized carbons (Fsp3) is 0.263. The van der Waals surface area contributed by atoms with Crippen molar-refractivity contribution in [2.45, 2.75) is 13.0 Å². The highest BCUT2D eigenvalue weighted by Gasteiger charge is 2.44. The van der Waals surface area contributed by atoms with Crippen LogP contribution in [0.15, 0.2) is 53.1 Å². The van der Waals surface area contributed by atoms with Crippen molar-refractivity contribution in [2.24, 2.45) is 0 Å². The molecule has 25 heavy (non-hydrogen) atoms. The van der Waals surface area contributed by atoms with E-state index in [0.717, 1.165) is 11.1 Å². The van der Waals surface area contributed by atoms with Crippen LogP contribution in [0, 0.1) is 6.92 Å². The normalized spacial score (nSPS) is 17.4. The minimum Gasteiger partial charge on any atom is -0.503 e. The number of ketones is 1. The second kappa shape index (κ2) is 7.21. The lowest BCUT2D eigenvalue weighted by Crippen LogP contribution is -2.34. The molecule has 2 aromatic rings. The highest BCUT2D eigenvalue weighted by molar-refractivity contribution is 7.12. The third kappa shape index (κ3) is 3.10. The van der Waals surface area contributed by atoms with E-state index in [2.05, 4.69) is 0 Å². The van der Waals surface area contributed by atoms with E-state index in [0.29, 0.717) is 18.0 Å².